The van der Waals surface area contributed by atoms with Crippen LogP contribution in [0.15, 0.2) is 30.3 Å². The van der Waals surface area contributed by atoms with Crippen LogP contribution in [0.2, 0.25) is 0 Å². The summed E-state index contributed by atoms with van der Waals surface area (Å²) < 4.78 is 5.92. The highest BCUT2D eigenvalue weighted by atomic mass is 16.5. The van der Waals surface area contributed by atoms with E-state index in [1.54, 1.807) is 0 Å². The van der Waals surface area contributed by atoms with Gasteiger partial charge in [0.2, 0.25) is 0 Å². The van der Waals surface area contributed by atoms with Crippen LogP contribution in [0.3, 0.4) is 0 Å². The van der Waals surface area contributed by atoms with E-state index in [2.05, 4.69) is 43.0 Å². The lowest BCUT2D eigenvalue weighted by molar-refractivity contribution is -0.0134. The first kappa shape index (κ1) is 15.5. The quantitative estimate of drug-likeness (QED) is 0.868. The molecule has 0 spiro atoms. The van der Waals surface area contributed by atoms with Crippen molar-refractivity contribution >= 4 is 0 Å². The Morgan fingerprint density at radius 3 is 2.80 bits per heavy atom. The van der Waals surface area contributed by atoms with Gasteiger partial charge in [0.1, 0.15) is 0 Å². The van der Waals surface area contributed by atoms with Crippen molar-refractivity contribution in [2.24, 2.45) is 5.73 Å². The first-order chi connectivity index (χ1) is 9.72. The summed E-state index contributed by atoms with van der Waals surface area (Å²) >= 11 is 0. The predicted octanol–water partition coefficient (Wildman–Crippen LogP) is 2.97. The van der Waals surface area contributed by atoms with Gasteiger partial charge in [0.05, 0.1) is 6.10 Å². The van der Waals surface area contributed by atoms with E-state index >= 15 is 0 Å². The van der Waals surface area contributed by atoms with Gasteiger partial charge in [0.25, 0.3) is 0 Å². The standard InChI is InChI=1S/C17H28N2O/c1-3-12-20-16-10-7-11-19(13-16)14(2)17(18)15-8-5-4-6-9-15/h4-6,8-9,14,16-17H,3,7,10-13,18H2,1-2H3. The van der Waals surface area contributed by atoms with Crippen molar-refractivity contribution in [1.29, 1.82) is 0 Å². The number of benzene rings is 1. The van der Waals surface area contributed by atoms with Crippen molar-refractivity contribution in [3.63, 3.8) is 0 Å². The molecule has 2 N–H and O–H groups in total. The molecule has 112 valence electrons. The van der Waals surface area contributed by atoms with Gasteiger partial charge in [0, 0.05) is 25.2 Å². The lowest BCUT2D eigenvalue weighted by Crippen LogP contribution is -2.48. The lowest BCUT2D eigenvalue weighted by atomic mass is 9.97. The van der Waals surface area contributed by atoms with Crippen LogP contribution in [0.4, 0.5) is 0 Å². The van der Waals surface area contributed by atoms with Crippen molar-refractivity contribution in [1.82, 2.24) is 4.90 Å². The van der Waals surface area contributed by atoms with Gasteiger partial charge in [-0.2, -0.15) is 0 Å². The molecule has 2 rings (SSSR count). The largest absolute Gasteiger partial charge is 0.377 e. The van der Waals surface area contributed by atoms with Gasteiger partial charge in [-0.3, -0.25) is 4.90 Å². The Bertz CT molecular complexity index is 382. The van der Waals surface area contributed by atoms with Crippen LogP contribution in [-0.4, -0.2) is 36.7 Å². The summed E-state index contributed by atoms with van der Waals surface area (Å²) in [4.78, 5) is 2.49. The summed E-state index contributed by atoms with van der Waals surface area (Å²) in [7, 11) is 0. The zero-order valence-electron chi connectivity index (χ0n) is 12.8. The van der Waals surface area contributed by atoms with Crippen LogP contribution in [-0.2, 0) is 4.74 Å². The molecule has 3 heteroatoms. The molecule has 0 aromatic heterocycles. The fourth-order valence-corrected chi connectivity index (χ4v) is 2.94. The highest BCUT2D eigenvalue weighted by Crippen LogP contribution is 2.23. The van der Waals surface area contributed by atoms with Gasteiger partial charge in [0.15, 0.2) is 0 Å². The SMILES string of the molecule is CCCOC1CCCN(C(C)C(N)c2ccccc2)C1. The third-order valence-corrected chi connectivity index (χ3v) is 4.25. The van der Waals surface area contributed by atoms with Crippen LogP contribution in [0.5, 0.6) is 0 Å². The maximum Gasteiger partial charge on any atom is 0.0702 e. The summed E-state index contributed by atoms with van der Waals surface area (Å²) in [5.74, 6) is 0. The second-order valence-electron chi connectivity index (χ2n) is 5.81. The van der Waals surface area contributed by atoms with Gasteiger partial charge in [-0.05, 0) is 38.3 Å². The average molecular weight is 276 g/mol. The van der Waals surface area contributed by atoms with Crippen LogP contribution >= 0.6 is 0 Å². The molecule has 1 fully saturated rings. The zero-order valence-corrected chi connectivity index (χ0v) is 12.8. The van der Waals surface area contributed by atoms with E-state index in [1.165, 1.54) is 18.4 Å². The molecular weight excluding hydrogens is 248 g/mol. The van der Waals surface area contributed by atoms with E-state index in [9.17, 15) is 0 Å². The van der Waals surface area contributed by atoms with Gasteiger partial charge in [-0.1, -0.05) is 37.3 Å². The maximum atomic E-state index is 6.43. The first-order valence-corrected chi connectivity index (χ1v) is 7.88. The molecule has 0 radical (unpaired) electrons. The molecule has 1 aliphatic heterocycles. The second kappa shape index (κ2) is 7.77. The Hall–Kier alpha value is -0.900. The number of likely N-dealkylation sites (tertiary alicyclic amines) is 1. The lowest BCUT2D eigenvalue weighted by Gasteiger charge is -2.39. The van der Waals surface area contributed by atoms with E-state index < -0.39 is 0 Å². The summed E-state index contributed by atoms with van der Waals surface area (Å²) in [6, 6.07) is 10.8. The van der Waals surface area contributed by atoms with Crippen molar-refractivity contribution in [3.05, 3.63) is 35.9 Å². The molecule has 3 unspecified atom stereocenters. The van der Waals surface area contributed by atoms with E-state index in [1.807, 2.05) is 6.07 Å². The first-order valence-electron chi connectivity index (χ1n) is 7.88. The van der Waals surface area contributed by atoms with Crippen LogP contribution in [0.25, 0.3) is 0 Å². The fourth-order valence-electron chi connectivity index (χ4n) is 2.94. The Labute approximate surface area is 123 Å². The molecule has 0 saturated carbocycles. The van der Waals surface area contributed by atoms with Crippen LogP contribution < -0.4 is 5.73 Å². The molecule has 3 nitrogen and oxygen atoms in total. The smallest absolute Gasteiger partial charge is 0.0702 e. The third kappa shape index (κ3) is 4.05. The number of hydrogen-bond acceptors (Lipinski definition) is 3. The zero-order chi connectivity index (χ0) is 14.4. The molecule has 0 amide bonds. The highest BCUT2D eigenvalue weighted by molar-refractivity contribution is 5.20. The van der Waals surface area contributed by atoms with Gasteiger partial charge in [-0.25, -0.2) is 0 Å². The molecule has 1 saturated heterocycles. The topological polar surface area (TPSA) is 38.5 Å². The molecular formula is C17H28N2O. The minimum atomic E-state index is 0.0705. The van der Waals surface area contributed by atoms with Gasteiger partial charge < -0.3 is 10.5 Å². The minimum Gasteiger partial charge on any atom is -0.377 e. The number of piperidine rings is 1. The second-order valence-corrected chi connectivity index (χ2v) is 5.81. The molecule has 1 heterocycles. The maximum absolute atomic E-state index is 6.43. The summed E-state index contributed by atoms with van der Waals surface area (Å²) in [5, 5.41) is 0. The average Bonchev–Trinajstić information content (AvgIpc) is 2.52. The third-order valence-electron chi connectivity index (χ3n) is 4.25. The molecule has 3 atom stereocenters. The van der Waals surface area contributed by atoms with E-state index in [0.29, 0.717) is 12.1 Å². The number of ether oxygens (including phenoxy) is 1. The summed E-state index contributed by atoms with van der Waals surface area (Å²) in [6.07, 6.45) is 3.87. The van der Waals surface area contributed by atoms with Gasteiger partial charge >= 0.3 is 0 Å². The minimum absolute atomic E-state index is 0.0705. The monoisotopic (exact) mass is 276 g/mol. The van der Waals surface area contributed by atoms with E-state index in [4.69, 9.17) is 10.5 Å². The predicted molar refractivity (Wildman–Crippen MR) is 83.7 cm³/mol. The Morgan fingerprint density at radius 2 is 2.10 bits per heavy atom. The Balaban J connectivity index is 1.92. The van der Waals surface area contributed by atoms with Crippen LogP contribution in [0.1, 0.15) is 44.7 Å². The Kier molecular flexibility index (Phi) is 6.02. The molecule has 0 bridgehead atoms. The molecule has 0 aliphatic carbocycles. The molecule has 1 aromatic carbocycles. The number of rotatable bonds is 6. The number of nitrogens with two attached hydrogens (primary N) is 1. The van der Waals surface area contributed by atoms with Crippen molar-refractivity contribution in [2.45, 2.75) is 51.3 Å². The summed E-state index contributed by atoms with van der Waals surface area (Å²) in [6.45, 7) is 7.42. The number of hydrogen-bond donors (Lipinski definition) is 1. The summed E-state index contributed by atoms with van der Waals surface area (Å²) in [5.41, 5.74) is 7.65. The van der Waals surface area contributed by atoms with Crippen molar-refractivity contribution in [3.8, 4) is 0 Å². The highest BCUT2D eigenvalue weighted by Gasteiger charge is 2.27. The number of nitrogens with zero attached hydrogens (tertiary/aromatic N) is 1. The normalized spacial score (nSPS) is 23.4. The van der Waals surface area contributed by atoms with E-state index in [0.717, 1.165) is 26.1 Å². The Morgan fingerprint density at radius 1 is 1.35 bits per heavy atom. The fraction of sp³-hybridized carbons (Fsp3) is 0.647. The van der Waals surface area contributed by atoms with E-state index in [-0.39, 0.29) is 6.04 Å². The molecule has 20 heavy (non-hydrogen) atoms. The molecule has 1 aromatic rings. The molecule has 1 aliphatic rings. The van der Waals surface area contributed by atoms with Crippen molar-refractivity contribution < 1.29 is 4.74 Å². The van der Waals surface area contributed by atoms with Crippen LogP contribution in [0, 0.1) is 0 Å². The van der Waals surface area contributed by atoms with Crippen molar-refractivity contribution in [2.75, 3.05) is 19.7 Å². The van der Waals surface area contributed by atoms with Gasteiger partial charge in [-0.15, -0.1) is 0 Å².